The molecule has 1 atom stereocenters. The molecule has 0 saturated heterocycles. The summed E-state index contributed by atoms with van der Waals surface area (Å²) in [7, 11) is 0. The SMILES string of the molecule is Cc1cc(C2(c3cccc(Br)c3)N=C(N)c3c(F)cccc32)cn(C(C)C)c1=O. The Morgan fingerprint density at radius 1 is 1.14 bits per heavy atom. The number of hydrogen-bond donors (Lipinski definition) is 1. The van der Waals surface area contributed by atoms with Gasteiger partial charge in [-0.05, 0) is 50.6 Å². The summed E-state index contributed by atoms with van der Waals surface area (Å²) in [5.41, 5.74) is 8.33. The molecule has 1 aromatic heterocycles. The van der Waals surface area contributed by atoms with Gasteiger partial charge in [0.25, 0.3) is 5.56 Å². The average molecular weight is 454 g/mol. The van der Waals surface area contributed by atoms with Gasteiger partial charge in [-0.1, -0.05) is 40.2 Å². The average Bonchev–Trinajstić information content (AvgIpc) is 2.98. The van der Waals surface area contributed by atoms with E-state index in [9.17, 15) is 9.18 Å². The van der Waals surface area contributed by atoms with Crippen LogP contribution in [0.15, 0.2) is 69.0 Å². The fourth-order valence-corrected chi connectivity index (χ4v) is 4.43. The monoisotopic (exact) mass is 453 g/mol. The molecular formula is C23H21BrFN3O. The molecule has 1 aliphatic heterocycles. The highest BCUT2D eigenvalue weighted by molar-refractivity contribution is 9.10. The normalized spacial score (nSPS) is 18.1. The lowest BCUT2D eigenvalue weighted by Crippen LogP contribution is -2.31. The highest BCUT2D eigenvalue weighted by Gasteiger charge is 2.44. The Bertz CT molecular complexity index is 1210. The van der Waals surface area contributed by atoms with Gasteiger partial charge in [-0.3, -0.25) is 4.79 Å². The Kier molecular flexibility index (Phi) is 4.69. The Morgan fingerprint density at radius 2 is 1.86 bits per heavy atom. The molecule has 0 saturated carbocycles. The van der Waals surface area contributed by atoms with Gasteiger partial charge in [0.2, 0.25) is 0 Å². The number of halogens is 2. The fourth-order valence-electron chi connectivity index (χ4n) is 4.03. The Labute approximate surface area is 177 Å². The summed E-state index contributed by atoms with van der Waals surface area (Å²) < 4.78 is 17.3. The number of aliphatic imine (C=N–C) groups is 1. The number of benzene rings is 2. The first kappa shape index (κ1) is 19.6. The lowest BCUT2D eigenvalue weighted by atomic mass is 9.77. The maximum atomic E-state index is 14.7. The molecule has 0 bridgehead atoms. The minimum absolute atomic E-state index is 0.0320. The van der Waals surface area contributed by atoms with Gasteiger partial charge < -0.3 is 10.3 Å². The summed E-state index contributed by atoms with van der Waals surface area (Å²) in [5, 5.41) is 0. The minimum Gasteiger partial charge on any atom is -0.383 e. The molecule has 0 amide bonds. The minimum atomic E-state index is -1.04. The maximum absolute atomic E-state index is 14.7. The zero-order valence-corrected chi connectivity index (χ0v) is 18.0. The van der Waals surface area contributed by atoms with Crippen molar-refractivity contribution < 1.29 is 4.39 Å². The van der Waals surface area contributed by atoms with Gasteiger partial charge in [-0.25, -0.2) is 9.38 Å². The quantitative estimate of drug-likeness (QED) is 0.627. The van der Waals surface area contributed by atoms with Crippen molar-refractivity contribution in [1.82, 2.24) is 4.57 Å². The van der Waals surface area contributed by atoms with E-state index in [1.807, 2.05) is 56.4 Å². The molecule has 4 nitrogen and oxygen atoms in total. The molecule has 6 heteroatoms. The highest BCUT2D eigenvalue weighted by Crippen LogP contribution is 2.46. The molecule has 2 aromatic carbocycles. The Balaban J connectivity index is 2.15. The van der Waals surface area contributed by atoms with Gasteiger partial charge in [0.1, 0.15) is 17.2 Å². The zero-order valence-electron chi connectivity index (χ0n) is 16.4. The number of nitrogens with two attached hydrogens (primary N) is 1. The number of aromatic nitrogens is 1. The lowest BCUT2D eigenvalue weighted by Gasteiger charge is -2.30. The molecule has 148 valence electrons. The largest absolute Gasteiger partial charge is 0.383 e. The van der Waals surface area contributed by atoms with E-state index >= 15 is 0 Å². The first-order chi connectivity index (χ1) is 13.8. The van der Waals surface area contributed by atoms with Crippen LogP contribution in [-0.2, 0) is 5.54 Å². The van der Waals surface area contributed by atoms with Gasteiger partial charge in [-0.15, -0.1) is 0 Å². The smallest absolute Gasteiger partial charge is 0.253 e. The zero-order chi connectivity index (χ0) is 20.9. The Hall–Kier alpha value is -2.73. The van der Waals surface area contributed by atoms with Gasteiger partial charge in [-0.2, -0.15) is 0 Å². The topological polar surface area (TPSA) is 60.4 Å². The van der Waals surface area contributed by atoms with Crippen molar-refractivity contribution in [3.8, 4) is 0 Å². The van der Waals surface area contributed by atoms with Gasteiger partial charge in [0.05, 0.1) is 5.56 Å². The highest BCUT2D eigenvalue weighted by atomic mass is 79.9. The van der Waals surface area contributed by atoms with Crippen LogP contribution in [0.25, 0.3) is 0 Å². The van der Waals surface area contributed by atoms with Crippen molar-refractivity contribution in [2.24, 2.45) is 10.7 Å². The van der Waals surface area contributed by atoms with E-state index < -0.39 is 11.4 Å². The molecule has 0 radical (unpaired) electrons. The van der Waals surface area contributed by atoms with Gasteiger partial charge in [0, 0.05) is 33.4 Å². The molecule has 0 fully saturated rings. The summed E-state index contributed by atoms with van der Waals surface area (Å²) in [6, 6.07) is 14.4. The van der Waals surface area contributed by atoms with Crippen LogP contribution in [0.3, 0.4) is 0 Å². The van der Waals surface area contributed by atoms with Crippen molar-refractivity contribution in [2.45, 2.75) is 32.4 Å². The molecule has 3 aromatic rings. The third-order valence-corrected chi connectivity index (χ3v) is 5.88. The summed E-state index contributed by atoms with van der Waals surface area (Å²) in [4.78, 5) is 17.5. The van der Waals surface area contributed by atoms with Gasteiger partial charge >= 0.3 is 0 Å². The van der Waals surface area contributed by atoms with Crippen LogP contribution in [0.4, 0.5) is 4.39 Å². The fraction of sp³-hybridized carbons (Fsp3) is 0.217. The van der Waals surface area contributed by atoms with Crippen LogP contribution in [0.5, 0.6) is 0 Å². The number of amidine groups is 1. The summed E-state index contributed by atoms with van der Waals surface area (Å²) in [6.45, 7) is 5.69. The van der Waals surface area contributed by atoms with E-state index in [2.05, 4.69) is 15.9 Å². The van der Waals surface area contributed by atoms with E-state index in [1.54, 1.807) is 17.6 Å². The number of aryl methyl sites for hydroxylation is 1. The van der Waals surface area contributed by atoms with Crippen molar-refractivity contribution in [3.63, 3.8) is 0 Å². The Morgan fingerprint density at radius 3 is 2.55 bits per heavy atom. The standard InChI is InChI=1S/C23H21BrFN3O/c1-13(2)28-12-16(10-14(3)22(28)29)23(15-6-4-7-17(24)11-15)18-8-5-9-19(25)20(18)21(26)27-23/h4-13H,1-3H3,(H2,26,27). The number of rotatable bonds is 3. The van der Waals surface area contributed by atoms with Crippen LogP contribution < -0.4 is 11.3 Å². The van der Waals surface area contributed by atoms with Gasteiger partial charge in [0.15, 0.2) is 0 Å². The second-order valence-corrected chi connectivity index (χ2v) is 8.51. The number of pyridine rings is 1. The first-order valence-electron chi connectivity index (χ1n) is 9.39. The van der Waals surface area contributed by atoms with E-state index in [-0.39, 0.29) is 17.4 Å². The second-order valence-electron chi connectivity index (χ2n) is 7.60. The third kappa shape index (κ3) is 2.94. The van der Waals surface area contributed by atoms with E-state index in [0.29, 0.717) is 16.7 Å². The van der Waals surface area contributed by atoms with E-state index in [4.69, 9.17) is 10.7 Å². The molecule has 1 unspecified atom stereocenters. The predicted octanol–water partition coefficient (Wildman–Crippen LogP) is 4.65. The molecule has 29 heavy (non-hydrogen) atoms. The number of nitrogens with zero attached hydrogens (tertiary/aromatic N) is 2. The van der Waals surface area contributed by atoms with Crippen LogP contribution in [0.1, 0.15) is 47.7 Å². The van der Waals surface area contributed by atoms with E-state index in [0.717, 1.165) is 15.6 Å². The van der Waals surface area contributed by atoms with Crippen LogP contribution >= 0.6 is 15.9 Å². The van der Waals surface area contributed by atoms with Crippen molar-refractivity contribution in [3.05, 3.63) is 103 Å². The molecule has 0 aliphatic carbocycles. The maximum Gasteiger partial charge on any atom is 0.253 e. The van der Waals surface area contributed by atoms with Crippen LogP contribution in [0.2, 0.25) is 0 Å². The third-order valence-electron chi connectivity index (χ3n) is 5.39. The number of hydrogen-bond acceptors (Lipinski definition) is 3. The van der Waals surface area contributed by atoms with E-state index in [1.165, 1.54) is 6.07 Å². The molecule has 4 rings (SSSR count). The van der Waals surface area contributed by atoms with Crippen molar-refractivity contribution >= 4 is 21.8 Å². The summed E-state index contributed by atoms with van der Waals surface area (Å²) in [6.07, 6.45) is 1.82. The number of fused-ring (bicyclic) bond motifs is 1. The van der Waals surface area contributed by atoms with Crippen molar-refractivity contribution in [1.29, 1.82) is 0 Å². The molecule has 2 N–H and O–H groups in total. The first-order valence-corrected chi connectivity index (χ1v) is 10.2. The van der Waals surface area contributed by atoms with Crippen molar-refractivity contribution in [2.75, 3.05) is 0 Å². The molecular weight excluding hydrogens is 433 g/mol. The lowest BCUT2D eigenvalue weighted by molar-refractivity contribution is 0.557. The van der Waals surface area contributed by atoms with Crippen LogP contribution in [-0.4, -0.2) is 10.4 Å². The van der Waals surface area contributed by atoms with Crippen LogP contribution in [0, 0.1) is 12.7 Å². The second kappa shape index (κ2) is 6.95. The predicted molar refractivity (Wildman–Crippen MR) is 117 cm³/mol. The summed E-state index contributed by atoms with van der Waals surface area (Å²) >= 11 is 3.53. The molecule has 0 spiro atoms. The summed E-state index contributed by atoms with van der Waals surface area (Å²) in [5.74, 6) is -0.257. The molecule has 2 heterocycles. The molecule has 1 aliphatic rings.